The van der Waals surface area contributed by atoms with Crippen molar-refractivity contribution in [1.29, 1.82) is 0 Å². The van der Waals surface area contributed by atoms with Gasteiger partial charge < -0.3 is 27.9 Å². The minimum Gasteiger partial charge on any atom is -0.756 e. The number of phosphoric ester groups is 1. The van der Waals surface area contributed by atoms with Crippen molar-refractivity contribution in [1.82, 2.24) is 0 Å². The molecule has 58 heavy (non-hydrogen) atoms. The van der Waals surface area contributed by atoms with Crippen molar-refractivity contribution in [3.05, 3.63) is 48.6 Å². The Labute approximate surface area is 358 Å². The summed E-state index contributed by atoms with van der Waals surface area (Å²) in [6, 6.07) is 0. The Morgan fingerprint density at radius 2 is 1.00 bits per heavy atom. The summed E-state index contributed by atoms with van der Waals surface area (Å²) >= 11 is 0. The smallest absolute Gasteiger partial charge is 0.306 e. The number of carbonyl (C=O) groups excluding carboxylic acids is 1. The number of allylic oxidation sites excluding steroid dienone is 8. The fourth-order valence-electron chi connectivity index (χ4n) is 6.48. The third-order valence-electron chi connectivity index (χ3n) is 10.1. The van der Waals surface area contributed by atoms with Gasteiger partial charge in [0.2, 0.25) is 0 Å². The molecule has 9 heteroatoms. The van der Waals surface area contributed by atoms with Crippen molar-refractivity contribution < 1.29 is 37.3 Å². The monoisotopic (exact) mass is 838 g/mol. The van der Waals surface area contributed by atoms with Crippen LogP contribution in [0.4, 0.5) is 0 Å². The van der Waals surface area contributed by atoms with Gasteiger partial charge in [-0.05, 0) is 51.4 Å². The van der Waals surface area contributed by atoms with Gasteiger partial charge >= 0.3 is 5.97 Å². The molecule has 0 radical (unpaired) electrons. The van der Waals surface area contributed by atoms with Gasteiger partial charge in [0.25, 0.3) is 7.82 Å². The predicted octanol–water partition coefficient (Wildman–Crippen LogP) is 13.7. The average molecular weight is 838 g/mol. The van der Waals surface area contributed by atoms with Crippen LogP contribution in [-0.2, 0) is 27.9 Å². The summed E-state index contributed by atoms with van der Waals surface area (Å²) in [7, 11) is 1.34. The molecule has 2 atom stereocenters. The number of ether oxygens (including phenoxy) is 2. The first-order valence-corrected chi connectivity index (χ1v) is 25.3. The number of likely N-dealkylation sites (N-methyl/N-ethyl adjacent to an activating group) is 1. The Bertz CT molecular complexity index is 1070. The molecule has 2 unspecified atom stereocenters. The van der Waals surface area contributed by atoms with Crippen molar-refractivity contribution in [2.45, 2.75) is 206 Å². The van der Waals surface area contributed by atoms with Gasteiger partial charge in [-0.25, -0.2) is 0 Å². The van der Waals surface area contributed by atoms with Crippen LogP contribution in [0.25, 0.3) is 0 Å². The molecule has 0 aliphatic heterocycles. The molecule has 0 aromatic carbocycles. The third-order valence-corrected chi connectivity index (χ3v) is 11.1. The topological polar surface area (TPSA) is 94.1 Å². The molecule has 0 rings (SSSR count). The number of esters is 1. The van der Waals surface area contributed by atoms with Crippen LogP contribution in [0, 0.1) is 0 Å². The predicted molar refractivity (Wildman–Crippen MR) is 245 cm³/mol. The fraction of sp³-hybridized carbons (Fsp3) is 0.816. The minimum atomic E-state index is -4.53. The van der Waals surface area contributed by atoms with Gasteiger partial charge in [0.1, 0.15) is 19.3 Å². The van der Waals surface area contributed by atoms with Crippen LogP contribution in [-0.4, -0.2) is 70.7 Å². The normalized spacial score (nSPS) is 14.1. The zero-order valence-electron chi connectivity index (χ0n) is 38.5. The second kappa shape index (κ2) is 42.2. The molecule has 0 aliphatic rings. The van der Waals surface area contributed by atoms with E-state index >= 15 is 0 Å². The van der Waals surface area contributed by atoms with E-state index in [4.69, 9.17) is 18.5 Å². The summed E-state index contributed by atoms with van der Waals surface area (Å²) in [6.07, 6.45) is 51.3. The standard InChI is InChI=1S/C49H92NO7P/c1-6-8-10-12-14-16-18-20-22-24-25-27-29-31-33-35-37-39-41-44-54-46-48(47-56-58(52,53)55-45-43-50(3,4)5)57-49(51)42-40-38-36-34-32-30-28-26-23-21-19-17-15-13-11-9-7-2/h9,11,15,17,21,23,28,30,48H,6-8,10,12-14,16,18-20,22,24-27,29,31-47H2,1-5H3/b11-9-,17-15-,23-21-,30-28-. The Kier molecular flexibility index (Phi) is 41.0. The van der Waals surface area contributed by atoms with Gasteiger partial charge in [-0.2, -0.15) is 0 Å². The Hall–Kier alpha value is -1.54. The van der Waals surface area contributed by atoms with Gasteiger partial charge in [-0.15, -0.1) is 0 Å². The summed E-state index contributed by atoms with van der Waals surface area (Å²) in [5.41, 5.74) is 0. The first-order chi connectivity index (χ1) is 28.1. The van der Waals surface area contributed by atoms with Crippen LogP contribution in [0.1, 0.15) is 200 Å². The molecule has 0 aromatic heterocycles. The maximum Gasteiger partial charge on any atom is 0.306 e. The molecular formula is C49H92NO7P. The molecule has 340 valence electrons. The van der Waals surface area contributed by atoms with Gasteiger partial charge in [0.05, 0.1) is 34.4 Å². The van der Waals surface area contributed by atoms with E-state index in [1.165, 1.54) is 109 Å². The highest BCUT2D eigenvalue weighted by Crippen LogP contribution is 2.38. The highest BCUT2D eigenvalue weighted by Gasteiger charge is 2.20. The lowest BCUT2D eigenvalue weighted by Gasteiger charge is -2.28. The minimum absolute atomic E-state index is 0.0207. The van der Waals surface area contributed by atoms with Crippen molar-refractivity contribution in [2.75, 3.05) is 54.1 Å². The fourth-order valence-corrected chi connectivity index (χ4v) is 7.21. The number of nitrogens with zero attached hydrogens (tertiary/aromatic N) is 1. The lowest BCUT2D eigenvalue weighted by atomic mass is 10.0. The van der Waals surface area contributed by atoms with E-state index in [0.29, 0.717) is 17.6 Å². The van der Waals surface area contributed by atoms with Crippen LogP contribution in [0.5, 0.6) is 0 Å². The SMILES string of the molecule is CC/C=C\C/C=C\C/C=C\C/C=C\CCCCCCC(=O)OC(COCCCCCCCCCCCCCCCCCCCCC)COP(=O)([O-])OCC[N+](C)(C)C. The van der Waals surface area contributed by atoms with E-state index < -0.39 is 13.9 Å². The molecule has 0 amide bonds. The number of hydrogen-bond acceptors (Lipinski definition) is 7. The molecule has 0 saturated heterocycles. The van der Waals surface area contributed by atoms with Gasteiger partial charge in [0, 0.05) is 13.0 Å². The number of carbonyl (C=O) groups is 1. The van der Waals surface area contributed by atoms with Crippen LogP contribution >= 0.6 is 7.82 Å². The van der Waals surface area contributed by atoms with Gasteiger partial charge in [-0.3, -0.25) is 9.36 Å². The van der Waals surface area contributed by atoms with E-state index in [-0.39, 0.29) is 32.2 Å². The number of phosphoric acid groups is 1. The van der Waals surface area contributed by atoms with Crippen LogP contribution < -0.4 is 4.89 Å². The van der Waals surface area contributed by atoms with Gasteiger partial charge in [-0.1, -0.05) is 191 Å². The maximum absolute atomic E-state index is 12.7. The summed E-state index contributed by atoms with van der Waals surface area (Å²) in [5.74, 6) is -0.355. The van der Waals surface area contributed by atoms with Crippen molar-refractivity contribution in [3.8, 4) is 0 Å². The summed E-state index contributed by atoms with van der Waals surface area (Å²) in [4.78, 5) is 25.1. The third kappa shape index (κ3) is 45.5. The quantitative estimate of drug-likeness (QED) is 0.0198. The van der Waals surface area contributed by atoms with E-state index in [0.717, 1.165) is 70.6 Å². The molecule has 8 nitrogen and oxygen atoms in total. The van der Waals surface area contributed by atoms with Crippen molar-refractivity contribution in [2.24, 2.45) is 0 Å². The zero-order chi connectivity index (χ0) is 42.7. The largest absolute Gasteiger partial charge is 0.756 e. The summed E-state index contributed by atoms with van der Waals surface area (Å²) < 4.78 is 34.7. The molecular weight excluding hydrogens is 746 g/mol. The molecule has 0 aliphatic carbocycles. The van der Waals surface area contributed by atoms with E-state index in [2.05, 4.69) is 62.5 Å². The Balaban J connectivity index is 4.21. The van der Waals surface area contributed by atoms with Crippen LogP contribution in [0.2, 0.25) is 0 Å². The van der Waals surface area contributed by atoms with Gasteiger partial charge in [0.15, 0.2) is 0 Å². The molecule has 0 saturated carbocycles. The summed E-state index contributed by atoms with van der Waals surface area (Å²) in [5, 5.41) is 0. The van der Waals surface area contributed by atoms with E-state index in [1.807, 2.05) is 21.1 Å². The molecule has 0 bridgehead atoms. The zero-order valence-corrected chi connectivity index (χ0v) is 39.4. The number of unbranched alkanes of at least 4 members (excludes halogenated alkanes) is 22. The van der Waals surface area contributed by atoms with Crippen molar-refractivity contribution >= 4 is 13.8 Å². The number of rotatable bonds is 44. The number of quaternary nitrogens is 1. The van der Waals surface area contributed by atoms with Crippen LogP contribution in [0.15, 0.2) is 48.6 Å². The lowest BCUT2D eigenvalue weighted by Crippen LogP contribution is -2.37. The van der Waals surface area contributed by atoms with Crippen LogP contribution in [0.3, 0.4) is 0 Å². The number of hydrogen-bond donors (Lipinski definition) is 0. The molecule has 0 fully saturated rings. The highest BCUT2D eigenvalue weighted by molar-refractivity contribution is 7.45. The lowest BCUT2D eigenvalue weighted by molar-refractivity contribution is -0.870. The second-order valence-corrected chi connectivity index (χ2v) is 18.5. The first kappa shape index (κ1) is 56.5. The highest BCUT2D eigenvalue weighted by atomic mass is 31.2. The van der Waals surface area contributed by atoms with E-state index in [9.17, 15) is 14.3 Å². The Morgan fingerprint density at radius 3 is 1.50 bits per heavy atom. The maximum atomic E-state index is 12.7. The second-order valence-electron chi connectivity index (χ2n) is 17.1. The molecule has 0 spiro atoms. The van der Waals surface area contributed by atoms with E-state index in [1.54, 1.807) is 0 Å². The molecule has 0 heterocycles. The molecule has 0 aromatic rings. The summed E-state index contributed by atoms with van der Waals surface area (Å²) in [6.45, 7) is 5.29. The Morgan fingerprint density at radius 1 is 0.552 bits per heavy atom. The first-order valence-electron chi connectivity index (χ1n) is 23.9. The van der Waals surface area contributed by atoms with Crippen molar-refractivity contribution in [3.63, 3.8) is 0 Å². The molecule has 0 N–H and O–H groups in total. The average Bonchev–Trinajstić information content (AvgIpc) is 3.18.